The third kappa shape index (κ3) is 2.29. The molecule has 0 radical (unpaired) electrons. The van der Waals surface area contributed by atoms with Crippen LogP contribution in [0.4, 0.5) is 11.4 Å². The van der Waals surface area contributed by atoms with Crippen LogP contribution in [-0.4, -0.2) is 16.7 Å². The van der Waals surface area contributed by atoms with E-state index < -0.39 is 22.2 Å². The number of amides is 2. The Balaban J connectivity index is 1.57. The Morgan fingerprint density at radius 2 is 1.17 bits per heavy atom. The molecule has 3 aromatic rings. The zero-order valence-electron chi connectivity index (χ0n) is 15.3. The fourth-order valence-electron chi connectivity index (χ4n) is 4.74. The molecule has 1 aliphatic heterocycles. The number of piperidine rings is 1. The van der Waals surface area contributed by atoms with Gasteiger partial charge < -0.3 is 0 Å². The average molecular weight is 384 g/mol. The fraction of sp³-hybridized carbons (Fsp3) is 0.130. The summed E-state index contributed by atoms with van der Waals surface area (Å²) < 4.78 is 0. The van der Waals surface area contributed by atoms with Crippen LogP contribution < -0.4 is 4.90 Å². The number of hydrogen-bond acceptors (Lipinski definition) is 4. The van der Waals surface area contributed by atoms with Crippen LogP contribution in [0.15, 0.2) is 84.9 Å². The largest absolute Gasteiger partial charge is 0.274 e. The molecule has 2 aliphatic rings. The minimum Gasteiger partial charge on any atom is -0.274 e. The number of nitro groups is 1. The molecule has 5 rings (SSSR count). The van der Waals surface area contributed by atoms with Crippen LogP contribution in [-0.2, 0) is 15.0 Å². The molecular weight excluding hydrogens is 368 g/mol. The van der Waals surface area contributed by atoms with Crippen LogP contribution >= 0.6 is 0 Å². The van der Waals surface area contributed by atoms with E-state index >= 15 is 0 Å². The number of benzene rings is 3. The Kier molecular flexibility index (Phi) is 3.64. The van der Waals surface area contributed by atoms with Gasteiger partial charge in [-0.25, -0.2) is 4.90 Å². The number of non-ortho nitro benzene ring substituents is 1. The van der Waals surface area contributed by atoms with Crippen molar-refractivity contribution < 1.29 is 14.5 Å². The van der Waals surface area contributed by atoms with Crippen LogP contribution in [0.2, 0.25) is 0 Å². The van der Waals surface area contributed by atoms with Gasteiger partial charge in [0.25, 0.3) is 5.69 Å². The first-order valence-electron chi connectivity index (χ1n) is 9.30. The smallest absolute Gasteiger partial charge is 0.269 e. The van der Waals surface area contributed by atoms with Gasteiger partial charge in [-0.3, -0.25) is 19.7 Å². The molecule has 29 heavy (non-hydrogen) atoms. The van der Waals surface area contributed by atoms with Crippen molar-refractivity contribution in [2.24, 2.45) is 11.8 Å². The quantitative estimate of drug-likeness (QED) is 0.390. The molecule has 1 heterocycles. The van der Waals surface area contributed by atoms with E-state index in [0.717, 1.165) is 11.1 Å². The topological polar surface area (TPSA) is 80.5 Å². The number of fused-ring (bicyclic) bond motifs is 1. The highest BCUT2D eigenvalue weighted by molar-refractivity contribution is 6.27. The minimum absolute atomic E-state index is 0.0825. The average Bonchev–Trinajstić information content (AvgIpc) is 3.39. The third-order valence-electron chi connectivity index (χ3n) is 6.00. The summed E-state index contributed by atoms with van der Waals surface area (Å²) in [6, 6.07) is 24.8. The molecule has 6 nitrogen and oxygen atoms in total. The van der Waals surface area contributed by atoms with Gasteiger partial charge in [-0.05, 0) is 23.3 Å². The van der Waals surface area contributed by atoms with Crippen molar-refractivity contribution in [3.63, 3.8) is 0 Å². The maximum Gasteiger partial charge on any atom is 0.269 e. The lowest BCUT2D eigenvalue weighted by Crippen LogP contribution is -2.39. The molecular formula is C23H16N2O4. The zero-order valence-corrected chi connectivity index (χ0v) is 15.3. The van der Waals surface area contributed by atoms with Crippen LogP contribution in [0.3, 0.4) is 0 Å². The Hall–Kier alpha value is -3.80. The number of imide groups is 1. The molecule has 2 amide bonds. The number of nitrogens with zero attached hydrogens (tertiary/aromatic N) is 2. The summed E-state index contributed by atoms with van der Waals surface area (Å²) in [6.45, 7) is 0. The van der Waals surface area contributed by atoms with Gasteiger partial charge >= 0.3 is 0 Å². The summed E-state index contributed by atoms with van der Waals surface area (Å²) in [5.74, 6) is -1.48. The van der Waals surface area contributed by atoms with Gasteiger partial charge in [0.05, 0.1) is 22.4 Å². The number of rotatable bonds is 4. The molecule has 0 aromatic heterocycles. The van der Waals surface area contributed by atoms with Gasteiger partial charge in [-0.1, -0.05) is 60.7 Å². The van der Waals surface area contributed by atoms with E-state index in [2.05, 4.69) is 0 Å². The van der Waals surface area contributed by atoms with Crippen LogP contribution in [0, 0.1) is 22.0 Å². The molecule has 2 fully saturated rings. The summed E-state index contributed by atoms with van der Waals surface area (Å²) >= 11 is 0. The van der Waals surface area contributed by atoms with Gasteiger partial charge in [0.1, 0.15) is 0 Å². The molecule has 1 aliphatic carbocycles. The van der Waals surface area contributed by atoms with Gasteiger partial charge in [-0.15, -0.1) is 0 Å². The monoisotopic (exact) mass is 384 g/mol. The van der Waals surface area contributed by atoms with Crippen molar-refractivity contribution in [3.05, 3.63) is 106 Å². The highest BCUT2D eigenvalue weighted by Gasteiger charge is 2.78. The lowest BCUT2D eigenvalue weighted by atomic mass is 9.83. The second kappa shape index (κ2) is 6.10. The summed E-state index contributed by atoms with van der Waals surface area (Å²) in [7, 11) is 0. The summed E-state index contributed by atoms with van der Waals surface area (Å²) in [6.07, 6.45) is 0. The maximum atomic E-state index is 13.3. The lowest BCUT2D eigenvalue weighted by Gasteiger charge is -2.26. The Bertz CT molecular complexity index is 1060. The minimum atomic E-state index is -0.659. The first kappa shape index (κ1) is 17.3. The highest BCUT2D eigenvalue weighted by atomic mass is 16.6. The normalized spacial score (nSPS) is 21.7. The molecule has 1 saturated heterocycles. The third-order valence-corrected chi connectivity index (χ3v) is 6.00. The molecule has 0 unspecified atom stereocenters. The molecule has 6 heteroatoms. The number of hydrogen-bond donors (Lipinski definition) is 0. The van der Waals surface area contributed by atoms with E-state index in [-0.39, 0.29) is 17.5 Å². The zero-order chi connectivity index (χ0) is 20.2. The van der Waals surface area contributed by atoms with Crippen molar-refractivity contribution in [3.8, 4) is 0 Å². The van der Waals surface area contributed by atoms with E-state index in [1.54, 1.807) is 0 Å². The van der Waals surface area contributed by atoms with Gasteiger partial charge in [-0.2, -0.15) is 0 Å². The van der Waals surface area contributed by atoms with Crippen molar-refractivity contribution >= 4 is 23.2 Å². The predicted molar refractivity (Wildman–Crippen MR) is 106 cm³/mol. The second-order valence-corrected chi connectivity index (χ2v) is 7.34. The number of anilines is 1. The molecule has 1 saturated carbocycles. The fourth-order valence-corrected chi connectivity index (χ4v) is 4.74. The van der Waals surface area contributed by atoms with Crippen molar-refractivity contribution in [1.82, 2.24) is 0 Å². The van der Waals surface area contributed by atoms with Crippen molar-refractivity contribution in [2.45, 2.75) is 5.41 Å². The number of nitro benzene ring substituents is 1. The maximum absolute atomic E-state index is 13.3. The molecule has 3 aromatic carbocycles. The van der Waals surface area contributed by atoms with Gasteiger partial charge in [0, 0.05) is 17.5 Å². The standard InChI is InChI=1S/C23H16N2O4/c26-21-19-20(22(27)24(21)17-11-13-18(14-12-17)25(28)29)23(19,15-7-3-1-4-8-15)16-9-5-2-6-10-16/h1-14,19-20H/t19-,20-/m1/s1. The van der Waals surface area contributed by atoms with E-state index in [1.807, 2.05) is 60.7 Å². The highest BCUT2D eigenvalue weighted by Crippen LogP contribution is 2.68. The predicted octanol–water partition coefficient (Wildman–Crippen LogP) is 3.70. The number of carbonyl (C=O) groups is 2. The molecule has 0 N–H and O–H groups in total. The Morgan fingerprint density at radius 3 is 1.59 bits per heavy atom. The first-order valence-corrected chi connectivity index (χ1v) is 9.30. The first-order chi connectivity index (χ1) is 14.1. The van der Waals surface area contributed by atoms with Crippen LogP contribution in [0.5, 0.6) is 0 Å². The Labute approximate surface area is 166 Å². The second-order valence-electron chi connectivity index (χ2n) is 7.34. The molecule has 0 bridgehead atoms. The van der Waals surface area contributed by atoms with E-state index in [0.29, 0.717) is 5.69 Å². The van der Waals surface area contributed by atoms with Crippen molar-refractivity contribution in [1.29, 1.82) is 0 Å². The van der Waals surface area contributed by atoms with Crippen LogP contribution in [0.25, 0.3) is 0 Å². The molecule has 142 valence electrons. The lowest BCUT2D eigenvalue weighted by molar-refractivity contribution is -0.384. The van der Waals surface area contributed by atoms with Crippen molar-refractivity contribution in [2.75, 3.05) is 4.90 Å². The van der Waals surface area contributed by atoms with Crippen LogP contribution in [0.1, 0.15) is 11.1 Å². The number of carbonyl (C=O) groups excluding carboxylic acids is 2. The van der Waals surface area contributed by atoms with Gasteiger partial charge in [0.2, 0.25) is 11.8 Å². The van der Waals surface area contributed by atoms with Gasteiger partial charge in [0.15, 0.2) is 0 Å². The van der Waals surface area contributed by atoms with E-state index in [4.69, 9.17) is 0 Å². The Morgan fingerprint density at radius 1 is 0.724 bits per heavy atom. The molecule has 2 atom stereocenters. The summed E-state index contributed by atoms with van der Waals surface area (Å²) in [5.41, 5.74) is 1.53. The summed E-state index contributed by atoms with van der Waals surface area (Å²) in [4.78, 5) is 38.2. The SMILES string of the molecule is O=C1[C@H]2[C@H](C(=O)N1c1ccc([N+](=O)[O-])cc1)C2(c1ccccc1)c1ccccc1. The van der Waals surface area contributed by atoms with E-state index in [1.165, 1.54) is 29.2 Å². The van der Waals surface area contributed by atoms with E-state index in [9.17, 15) is 19.7 Å². The summed E-state index contributed by atoms with van der Waals surface area (Å²) in [5, 5.41) is 10.9. The molecule has 0 spiro atoms.